The first kappa shape index (κ1) is 20.8. The third-order valence-electron chi connectivity index (χ3n) is 5.58. The smallest absolute Gasteiger partial charge is 0.257 e. The van der Waals surface area contributed by atoms with Crippen LogP contribution in [0.2, 0.25) is 0 Å². The number of aromatic nitrogens is 2. The number of amides is 1. The first-order valence-electron chi connectivity index (χ1n) is 10.3. The molecule has 31 heavy (non-hydrogen) atoms. The summed E-state index contributed by atoms with van der Waals surface area (Å²) in [6.07, 6.45) is 3.83. The second kappa shape index (κ2) is 8.35. The van der Waals surface area contributed by atoms with E-state index in [4.69, 9.17) is 4.74 Å². The number of hydrogen-bond donors (Lipinski definition) is 3. The van der Waals surface area contributed by atoms with Gasteiger partial charge in [0.15, 0.2) is 5.78 Å². The van der Waals surface area contributed by atoms with Crippen LogP contribution in [0.5, 0.6) is 0 Å². The Kier molecular flexibility index (Phi) is 5.61. The zero-order chi connectivity index (χ0) is 22.0. The van der Waals surface area contributed by atoms with Crippen molar-refractivity contribution in [3.8, 4) is 11.3 Å². The number of methoxy groups -OCH3 is 1. The van der Waals surface area contributed by atoms with Gasteiger partial charge < -0.3 is 20.4 Å². The van der Waals surface area contributed by atoms with Crippen molar-refractivity contribution >= 4 is 28.9 Å². The van der Waals surface area contributed by atoms with E-state index in [1.807, 2.05) is 36.4 Å². The first-order chi connectivity index (χ1) is 14.9. The molecule has 0 saturated heterocycles. The number of benzene rings is 1. The lowest BCUT2D eigenvalue weighted by Gasteiger charge is -2.21. The number of hydrogen-bond acceptors (Lipinski definition) is 5. The van der Waals surface area contributed by atoms with Crippen molar-refractivity contribution in [2.24, 2.45) is 0 Å². The second-order valence-corrected chi connectivity index (χ2v) is 8.09. The number of carbonyl (C=O) groups excluding carboxylic acids is 2. The van der Waals surface area contributed by atoms with Gasteiger partial charge in [-0.2, -0.15) is 0 Å². The highest BCUT2D eigenvalue weighted by molar-refractivity contribution is 6.07. The number of anilines is 3. The van der Waals surface area contributed by atoms with E-state index in [-0.39, 0.29) is 11.7 Å². The molecule has 2 aromatic heterocycles. The van der Waals surface area contributed by atoms with Gasteiger partial charge in [-0.1, -0.05) is 18.2 Å². The minimum absolute atomic E-state index is 0.131. The Morgan fingerprint density at radius 1 is 1.16 bits per heavy atom. The number of para-hydroxylation sites is 1. The third kappa shape index (κ3) is 4.22. The van der Waals surface area contributed by atoms with E-state index >= 15 is 0 Å². The molecular weight excluding hydrogens is 392 g/mol. The predicted octanol–water partition coefficient (Wildman–Crippen LogP) is 4.70. The normalized spacial score (nSPS) is 13.6. The number of carbonyl (C=O) groups is 2. The Bertz CT molecular complexity index is 1120. The molecule has 2 heterocycles. The summed E-state index contributed by atoms with van der Waals surface area (Å²) in [6.45, 7) is 3.39. The standard InChI is InChI=1S/C24H26N4O3/c1-24(2,31-3)23(30)28-19-14-15(12-13-25-19)21-22(26-16-8-5-4-6-9-16)20-17(27-21)10-7-11-18(20)29/h4-6,8-9,12-14,26-27H,7,10-11H2,1-3H3,(H,25,28,30). The van der Waals surface area contributed by atoms with Crippen molar-refractivity contribution in [1.29, 1.82) is 0 Å². The number of nitrogens with one attached hydrogen (secondary N) is 3. The Labute approximate surface area is 181 Å². The molecule has 3 aromatic rings. The predicted molar refractivity (Wildman–Crippen MR) is 121 cm³/mol. The molecule has 7 nitrogen and oxygen atoms in total. The molecule has 0 atom stereocenters. The quantitative estimate of drug-likeness (QED) is 0.539. The Hall–Kier alpha value is -3.45. The van der Waals surface area contributed by atoms with Crippen LogP contribution < -0.4 is 10.6 Å². The fraction of sp³-hybridized carbons (Fsp3) is 0.292. The van der Waals surface area contributed by atoms with E-state index in [9.17, 15) is 9.59 Å². The monoisotopic (exact) mass is 418 g/mol. The average molecular weight is 418 g/mol. The van der Waals surface area contributed by atoms with Crippen LogP contribution in [-0.4, -0.2) is 34.4 Å². The van der Waals surface area contributed by atoms with E-state index in [0.29, 0.717) is 17.8 Å². The summed E-state index contributed by atoms with van der Waals surface area (Å²) in [7, 11) is 1.49. The Morgan fingerprint density at radius 3 is 2.68 bits per heavy atom. The summed E-state index contributed by atoms with van der Waals surface area (Å²) < 4.78 is 5.25. The maximum Gasteiger partial charge on any atom is 0.257 e. The number of aryl methyl sites for hydroxylation is 1. The zero-order valence-electron chi connectivity index (χ0n) is 17.9. The average Bonchev–Trinajstić information content (AvgIpc) is 3.14. The van der Waals surface area contributed by atoms with Gasteiger partial charge in [-0.25, -0.2) is 4.98 Å². The molecule has 0 aliphatic heterocycles. The molecule has 0 fully saturated rings. The van der Waals surface area contributed by atoms with E-state index in [1.54, 1.807) is 26.1 Å². The maximum atomic E-state index is 12.8. The van der Waals surface area contributed by atoms with Crippen LogP contribution in [0, 0.1) is 0 Å². The van der Waals surface area contributed by atoms with Crippen molar-refractivity contribution in [3.63, 3.8) is 0 Å². The van der Waals surface area contributed by atoms with Crippen LogP contribution in [0.15, 0.2) is 48.7 Å². The summed E-state index contributed by atoms with van der Waals surface area (Å²) in [5.74, 6) is 0.257. The Balaban J connectivity index is 1.74. The highest BCUT2D eigenvalue weighted by atomic mass is 16.5. The molecular formula is C24H26N4O3. The van der Waals surface area contributed by atoms with Gasteiger partial charge in [0.2, 0.25) is 0 Å². The van der Waals surface area contributed by atoms with Crippen LogP contribution in [0.3, 0.4) is 0 Å². The lowest BCUT2D eigenvalue weighted by molar-refractivity contribution is -0.133. The number of nitrogens with zero attached hydrogens (tertiary/aromatic N) is 1. The van der Waals surface area contributed by atoms with Crippen molar-refractivity contribution in [2.45, 2.75) is 38.7 Å². The fourth-order valence-corrected chi connectivity index (χ4v) is 3.62. The van der Waals surface area contributed by atoms with Crippen LogP contribution in [0.25, 0.3) is 11.3 Å². The number of Topliss-reactive ketones (excluding diaryl/α,β-unsaturated/α-hetero) is 1. The largest absolute Gasteiger partial charge is 0.369 e. The fourth-order valence-electron chi connectivity index (χ4n) is 3.62. The number of ether oxygens (including phenoxy) is 1. The summed E-state index contributed by atoms with van der Waals surface area (Å²) in [4.78, 5) is 33.0. The summed E-state index contributed by atoms with van der Waals surface area (Å²) >= 11 is 0. The van der Waals surface area contributed by atoms with Crippen LogP contribution in [0.4, 0.5) is 17.2 Å². The van der Waals surface area contributed by atoms with Crippen molar-refractivity contribution in [1.82, 2.24) is 9.97 Å². The zero-order valence-corrected chi connectivity index (χ0v) is 17.9. The van der Waals surface area contributed by atoms with E-state index in [2.05, 4.69) is 20.6 Å². The number of pyridine rings is 1. The summed E-state index contributed by atoms with van der Waals surface area (Å²) in [5, 5.41) is 6.23. The Morgan fingerprint density at radius 2 is 1.94 bits per heavy atom. The number of ketones is 1. The summed E-state index contributed by atoms with van der Waals surface area (Å²) in [5.41, 5.74) is 3.95. The topological polar surface area (TPSA) is 96.1 Å². The number of rotatable bonds is 6. The minimum Gasteiger partial charge on any atom is -0.369 e. The van der Waals surface area contributed by atoms with Crippen LogP contribution in [-0.2, 0) is 16.0 Å². The summed E-state index contributed by atoms with van der Waals surface area (Å²) in [6, 6.07) is 13.4. The molecule has 1 aliphatic carbocycles. The van der Waals surface area contributed by atoms with E-state index in [0.717, 1.165) is 41.2 Å². The molecule has 0 spiro atoms. The molecule has 0 radical (unpaired) electrons. The van der Waals surface area contributed by atoms with Gasteiger partial charge >= 0.3 is 0 Å². The van der Waals surface area contributed by atoms with Gasteiger partial charge in [0.1, 0.15) is 11.4 Å². The molecule has 160 valence electrons. The molecule has 7 heteroatoms. The first-order valence-corrected chi connectivity index (χ1v) is 10.3. The molecule has 0 saturated carbocycles. The number of aromatic amines is 1. The van der Waals surface area contributed by atoms with E-state index < -0.39 is 5.60 Å². The number of fused-ring (bicyclic) bond motifs is 1. The van der Waals surface area contributed by atoms with Crippen LogP contribution in [0.1, 0.15) is 42.7 Å². The van der Waals surface area contributed by atoms with Crippen molar-refractivity contribution < 1.29 is 14.3 Å². The van der Waals surface area contributed by atoms with Crippen LogP contribution >= 0.6 is 0 Å². The van der Waals surface area contributed by atoms with Gasteiger partial charge in [-0.15, -0.1) is 0 Å². The third-order valence-corrected chi connectivity index (χ3v) is 5.58. The van der Waals surface area contributed by atoms with Gasteiger partial charge in [0.25, 0.3) is 5.91 Å². The number of H-pyrrole nitrogens is 1. The van der Waals surface area contributed by atoms with Gasteiger partial charge in [0, 0.05) is 36.7 Å². The lowest BCUT2D eigenvalue weighted by Crippen LogP contribution is -2.39. The van der Waals surface area contributed by atoms with Crippen molar-refractivity contribution in [3.05, 3.63) is 59.9 Å². The highest BCUT2D eigenvalue weighted by Gasteiger charge is 2.29. The molecule has 1 amide bonds. The second-order valence-electron chi connectivity index (χ2n) is 8.09. The highest BCUT2D eigenvalue weighted by Crippen LogP contribution is 2.39. The molecule has 1 aliphatic rings. The van der Waals surface area contributed by atoms with Gasteiger partial charge in [-0.05, 0) is 51.0 Å². The SMILES string of the molecule is COC(C)(C)C(=O)Nc1cc(-c2[nH]c3c(c2Nc2ccccc2)C(=O)CCC3)ccn1. The minimum atomic E-state index is -0.977. The van der Waals surface area contributed by atoms with E-state index in [1.165, 1.54) is 7.11 Å². The maximum absolute atomic E-state index is 12.8. The lowest BCUT2D eigenvalue weighted by atomic mass is 9.95. The molecule has 0 bridgehead atoms. The molecule has 4 rings (SSSR count). The molecule has 1 aromatic carbocycles. The van der Waals surface area contributed by atoms with Gasteiger partial charge in [0.05, 0.1) is 16.9 Å². The van der Waals surface area contributed by atoms with Gasteiger partial charge in [-0.3, -0.25) is 9.59 Å². The van der Waals surface area contributed by atoms with Crippen molar-refractivity contribution in [2.75, 3.05) is 17.7 Å². The molecule has 3 N–H and O–H groups in total. The molecule has 0 unspecified atom stereocenters.